The predicted octanol–water partition coefficient (Wildman–Crippen LogP) is 3.90. The van der Waals surface area contributed by atoms with Gasteiger partial charge >= 0.3 is 0 Å². The Morgan fingerprint density at radius 3 is 2.40 bits per heavy atom. The van der Waals surface area contributed by atoms with Crippen LogP contribution in [0.5, 0.6) is 0 Å². The molecule has 0 bridgehead atoms. The zero-order chi connectivity index (χ0) is 14.8. The fourth-order valence-corrected chi connectivity index (χ4v) is 4.10. The molecule has 2 heteroatoms. The van der Waals surface area contributed by atoms with E-state index in [1.807, 2.05) is 0 Å². The first-order valence-electron chi connectivity index (χ1n) is 8.91. The molecule has 118 valence electrons. The highest BCUT2D eigenvalue weighted by Gasteiger charge is 2.33. The lowest BCUT2D eigenvalue weighted by Gasteiger charge is -2.43. The average Bonchev–Trinajstić information content (AvgIpc) is 2.43. The number of hydrogen-bond donors (Lipinski definition) is 1. The first kappa shape index (κ1) is 16.3. The number of hydrogen-bond acceptors (Lipinski definition) is 2. The Kier molecular flexibility index (Phi) is 5.53. The maximum atomic E-state index is 6.41. The molecular weight excluding hydrogens is 244 g/mol. The van der Waals surface area contributed by atoms with E-state index in [0.717, 1.165) is 17.8 Å². The Labute approximate surface area is 126 Å². The molecule has 2 nitrogen and oxygen atoms in total. The summed E-state index contributed by atoms with van der Waals surface area (Å²) in [6.07, 6.45) is 8.04. The van der Waals surface area contributed by atoms with Gasteiger partial charge in [-0.1, -0.05) is 34.1 Å². The largest absolute Gasteiger partial charge is 0.327 e. The molecule has 1 saturated heterocycles. The Morgan fingerprint density at radius 1 is 1.20 bits per heavy atom. The Morgan fingerprint density at radius 2 is 1.85 bits per heavy atom. The molecule has 0 aromatic heterocycles. The summed E-state index contributed by atoms with van der Waals surface area (Å²) < 4.78 is 0. The fraction of sp³-hybridized carbons (Fsp3) is 1.00. The Bertz CT molecular complexity index is 292. The topological polar surface area (TPSA) is 29.3 Å². The van der Waals surface area contributed by atoms with Crippen molar-refractivity contribution in [2.75, 3.05) is 19.6 Å². The van der Waals surface area contributed by atoms with Gasteiger partial charge in [-0.2, -0.15) is 0 Å². The summed E-state index contributed by atoms with van der Waals surface area (Å²) in [4.78, 5) is 2.70. The molecule has 1 aliphatic heterocycles. The van der Waals surface area contributed by atoms with Crippen molar-refractivity contribution in [1.29, 1.82) is 0 Å². The third kappa shape index (κ3) is 3.98. The standard InChI is InChI=1S/C18H36N2/c1-5-18(4)8-10-20(11-9-18)13-16-12-15(14(2)3)6-7-17(16)19/h14-17H,5-13,19H2,1-4H3. The SMILES string of the molecule is CCC1(C)CCN(CC2CC(C(C)C)CCC2N)CC1. The van der Waals surface area contributed by atoms with Crippen molar-refractivity contribution in [2.45, 2.75) is 72.3 Å². The molecular formula is C18H36N2. The smallest absolute Gasteiger partial charge is 0.00795 e. The maximum absolute atomic E-state index is 6.41. The normalized spacial score (nSPS) is 35.4. The van der Waals surface area contributed by atoms with Crippen LogP contribution in [0.25, 0.3) is 0 Å². The van der Waals surface area contributed by atoms with E-state index in [4.69, 9.17) is 5.73 Å². The second-order valence-electron chi connectivity index (χ2n) is 8.21. The summed E-state index contributed by atoms with van der Waals surface area (Å²) in [6.45, 7) is 13.4. The van der Waals surface area contributed by atoms with Gasteiger partial charge in [0.25, 0.3) is 0 Å². The maximum Gasteiger partial charge on any atom is 0.00795 e. The lowest BCUT2D eigenvalue weighted by atomic mass is 9.73. The third-order valence-corrected chi connectivity index (χ3v) is 6.43. The summed E-state index contributed by atoms with van der Waals surface area (Å²) in [5.74, 6) is 2.47. The van der Waals surface area contributed by atoms with Crippen LogP contribution < -0.4 is 5.73 Å². The molecule has 0 spiro atoms. The highest BCUT2D eigenvalue weighted by Crippen LogP contribution is 2.37. The summed E-state index contributed by atoms with van der Waals surface area (Å²) in [6, 6.07) is 0.449. The van der Waals surface area contributed by atoms with Crippen LogP contribution in [0.15, 0.2) is 0 Å². The van der Waals surface area contributed by atoms with Gasteiger partial charge in [0.05, 0.1) is 0 Å². The van der Waals surface area contributed by atoms with E-state index < -0.39 is 0 Å². The molecule has 0 aromatic rings. The van der Waals surface area contributed by atoms with Crippen LogP contribution in [-0.4, -0.2) is 30.6 Å². The quantitative estimate of drug-likeness (QED) is 0.846. The van der Waals surface area contributed by atoms with E-state index >= 15 is 0 Å². The first-order valence-corrected chi connectivity index (χ1v) is 8.91. The van der Waals surface area contributed by atoms with E-state index in [9.17, 15) is 0 Å². The van der Waals surface area contributed by atoms with Gasteiger partial charge < -0.3 is 10.6 Å². The van der Waals surface area contributed by atoms with Gasteiger partial charge in [-0.25, -0.2) is 0 Å². The molecule has 1 saturated carbocycles. The van der Waals surface area contributed by atoms with Gasteiger partial charge in [0.2, 0.25) is 0 Å². The summed E-state index contributed by atoms with van der Waals surface area (Å²) in [5.41, 5.74) is 7.01. The molecule has 0 amide bonds. The van der Waals surface area contributed by atoms with Gasteiger partial charge in [0, 0.05) is 12.6 Å². The van der Waals surface area contributed by atoms with Crippen LogP contribution >= 0.6 is 0 Å². The zero-order valence-electron chi connectivity index (χ0n) is 14.2. The number of nitrogens with zero attached hydrogens (tertiary/aromatic N) is 1. The Hall–Kier alpha value is -0.0800. The lowest BCUT2D eigenvalue weighted by molar-refractivity contribution is 0.0776. The van der Waals surface area contributed by atoms with Gasteiger partial charge in [-0.15, -0.1) is 0 Å². The van der Waals surface area contributed by atoms with Crippen molar-refractivity contribution >= 4 is 0 Å². The molecule has 3 atom stereocenters. The minimum Gasteiger partial charge on any atom is -0.327 e. The highest BCUT2D eigenvalue weighted by molar-refractivity contribution is 4.88. The second-order valence-corrected chi connectivity index (χ2v) is 8.21. The second kappa shape index (κ2) is 6.79. The summed E-state index contributed by atoms with van der Waals surface area (Å²) in [5, 5.41) is 0. The highest BCUT2D eigenvalue weighted by atomic mass is 15.1. The van der Waals surface area contributed by atoms with Crippen molar-refractivity contribution in [3.05, 3.63) is 0 Å². The van der Waals surface area contributed by atoms with Crippen LogP contribution in [0.1, 0.15) is 66.2 Å². The van der Waals surface area contributed by atoms with Crippen LogP contribution in [0.3, 0.4) is 0 Å². The van der Waals surface area contributed by atoms with Gasteiger partial charge in [-0.3, -0.25) is 0 Å². The molecule has 2 N–H and O–H groups in total. The minimum absolute atomic E-state index is 0.449. The molecule has 2 fully saturated rings. The number of rotatable bonds is 4. The molecule has 0 radical (unpaired) electrons. The molecule has 3 unspecified atom stereocenters. The number of piperidine rings is 1. The van der Waals surface area contributed by atoms with Gasteiger partial charge in [0.15, 0.2) is 0 Å². The lowest BCUT2D eigenvalue weighted by Crippen LogP contribution is -2.47. The van der Waals surface area contributed by atoms with Crippen molar-refractivity contribution in [1.82, 2.24) is 4.90 Å². The van der Waals surface area contributed by atoms with Crippen LogP contribution in [-0.2, 0) is 0 Å². The van der Waals surface area contributed by atoms with Crippen LogP contribution in [0.4, 0.5) is 0 Å². The molecule has 2 aliphatic rings. The number of nitrogens with two attached hydrogens (primary N) is 1. The van der Waals surface area contributed by atoms with E-state index in [1.165, 1.54) is 58.2 Å². The van der Waals surface area contributed by atoms with Crippen molar-refractivity contribution in [3.63, 3.8) is 0 Å². The summed E-state index contributed by atoms with van der Waals surface area (Å²) in [7, 11) is 0. The predicted molar refractivity (Wildman–Crippen MR) is 87.7 cm³/mol. The van der Waals surface area contributed by atoms with Crippen molar-refractivity contribution in [3.8, 4) is 0 Å². The molecule has 20 heavy (non-hydrogen) atoms. The Balaban J connectivity index is 1.83. The van der Waals surface area contributed by atoms with Crippen molar-refractivity contribution in [2.24, 2.45) is 28.9 Å². The fourth-order valence-electron chi connectivity index (χ4n) is 4.10. The van der Waals surface area contributed by atoms with Gasteiger partial charge in [0.1, 0.15) is 0 Å². The molecule has 2 rings (SSSR count). The van der Waals surface area contributed by atoms with E-state index in [-0.39, 0.29) is 0 Å². The van der Waals surface area contributed by atoms with E-state index in [2.05, 4.69) is 32.6 Å². The molecule has 0 aromatic carbocycles. The van der Waals surface area contributed by atoms with Gasteiger partial charge in [-0.05, 0) is 68.4 Å². The third-order valence-electron chi connectivity index (χ3n) is 6.43. The van der Waals surface area contributed by atoms with Crippen LogP contribution in [0, 0.1) is 23.2 Å². The summed E-state index contributed by atoms with van der Waals surface area (Å²) >= 11 is 0. The molecule has 1 aliphatic carbocycles. The number of likely N-dealkylation sites (tertiary alicyclic amines) is 1. The minimum atomic E-state index is 0.449. The van der Waals surface area contributed by atoms with E-state index in [0.29, 0.717) is 11.5 Å². The molecule has 1 heterocycles. The van der Waals surface area contributed by atoms with Crippen molar-refractivity contribution < 1.29 is 0 Å². The zero-order valence-corrected chi connectivity index (χ0v) is 14.2. The van der Waals surface area contributed by atoms with Crippen LogP contribution in [0.2, 0.25) is 0 Å². The average molecular weight is 281 g/mol. The monoisotopic (exact) mass is 280 g/mol. The first-order chi connectivity index (χ1) is 9.43. The van der Waals surface area contributed by atoms with E-state index in [1.54, 1.807) is 0 Å².